The molecule has 1 unspecified atom stereocenters. The average Bonchev–Trinajstić information content (AvgIpc) is 3.29. The zero-order valence-corrected chi connectivity index (χ0v) is 42.8. The molecular weight excluding hydrogens is 793 g/mol. The van der Waals surface area contributed by atoms with Crippen LogP contribution in [0, 0.1) is 0 Å². The van der Waals surface area contributed by atoms with E-state index in [1.165, 1.54) is 173 Å². The van der Waals surface area contributed by atoms with Gasteiger partial charge in [0.25, 0.3) is 0 Å². The highest BCUT2D eigenvalue weighted by molar-refractivity contribution is 5.71. The van der Waals surface area contributed by atoms with Crippen molar-refractivity contribution in [2.75, 3.05) is 13.2 Å². The predicted octanol–water partition coefficient (Wildman–Crippen LogP) is 18.5. The summed E-state index contributed by atoms with van der Waals surface area (Å²) in [5, 5.41) is 0. The molecule has 0 N–H and O–H groups in total. The summed E-state index contributed by atoms with van der Waals surface area (Å²) in [6.45, 7) is 6.55. The molecule has 0 aromatic heterocycles. The van der Waals surface area contributed by atoms with E-state index in [1.54, 1.807) is 0 Å². The molecule has 374 valence electrons. The molecule has 0 aliphatic carbocycles. The fourth-order valence-corrected chi connectivity index (χ4v) is 8.18. The summed E-state index contributed by atoms with van der Waals surface area (Å²) in [4.78, 5) is 38.1. The first kappa shape index (κ1) is 61.6. The lowest BCUT2D eigenvalue weighted by Crippen LogP contribution is -2.30. The molecule has 0 heterocycles. The molecule has 0 fully saturated rings. The maximum absolute atomic E-state index is 12.8. The number of hydrogen-bond acceptors (Lipinski definition) is 6. The van der Waals surface area contributed by atoms with E-state index in [-0.39, 0.29) is 31.1 Å². The average molecular weight is 899 g/mol. The van der Waals surface area contributed by atoms with Crippen molar-refractivity contribution >= 4 is 17.9 Å². The zero-order chi connectivity index (χ0) is 46.5. The third-order valence-electron chi connectivity index (χ3n) is 12.4. The summed E-state index contributed by atoms with van der Waals surface area (Å²) in [5.41, 5.74) is 0. The first-order valence-corrected chi connectivity index (χ1v) is 28.0. The van der Waals surface area contributed by atoms with E-state index in [9.17, 15) is 14.4 Å². The van der Waals surface area contributed by atoms with Crippen LogP contribution in [0.4, 0.5) is 0 Å². The largest absolute Gasteiger partial charge is 0.462 e. The quantitative estimate of drug-likeness (QED) is 0.0262. The van der Waals surface area contributed by atoms with Crippen LogP contribution in [-0.4, -0.2) is 37.2 Å². The number of allylic oxidation sites excluding steroid dienone is 6. The van der Waals surface area contributed by atoms with Crippen molar-refractivity contribution in [2.24, 2.45) is 0 Å². The van der Waals surface area contributed by atoms with Gasteiger partial charge in [-0.15, -0.1) is 0 Å². The Labute approximate surface area is 397 Å². The first-order chi connectivity index (χ1) is 31.5. The maximum Gasteiger partial charge on any atom is 0.306 e. The molecule has 1 atom stereocenters. The van der Waals surface area contributed by atoms with Gasteiger partial charge in [0.05, 0.1) is 0 Å². The highest BCUT2D eigenvalue weighted by Gasteiger charge is 2.19. The Hall–Kier alpha value is -2.37. The molecule has 0 amide bonds. The third kappa shape index (κ3) is 50.6. The van der Waals surface area contributed by atoms with Crippen molar-refractivity contribution in [2.45, 2.75) is 303 Å². The standard InChI is InChI=1S/C58H106O6/c1-4-7-10-13-16-19-22-25-27-28-29-30-32-33-36-39-42-45-48-51-57(60)63-54-55(53-62-56(59)50-47-44-41-38-35-24-21-18-15-12-9-6-3)64-58(61)52-49-46-43-40-37-34-31-26-23-20-17-14-11-8-5-2/h9,12,18,21,28-29,55H,4-8,10-11,13-17,19-20,22-27,30-54H2,1-3H3/b12-9-,21-18-,29-28-. The molecule has 0 spiro atoms. The van der Waals surface area contributed by atoms with Gasteiger partial charge in [-0.1, -0.05) is 243 Å². The molecule has 0 saturated heterocycles. The van der Waals surface area contributed by atoms with Crippen LogP contribution >= 0.6 is 0 Å². The molecule has 0 aliphatic heterocycles. The van der Waals surface area contributed by atoms with Crippen LogP contribution < -0.4 is 0 Å². The molecule has 0 aromatic carbocycles. The van der Waals surface area contributed by atoms with Crippen LogP contribution in [-0.2, 0) is 28.6 Å². The zero-order valence-electron chi connectivity index (χ0n) is 42.8. The number of rotatable bonds is 51. The van der Waals surface area contributed by atoms with Gasteiger partial charge < -0.3 is 14.2 Å². The fourth-order valence-electron chi connectivity index (χ4n) is 8.18. The van der Waals surface area contributed by atoms with Crippen molar-refractivity contribution in [1.82, 2.24) is 0 Å². The van der Waals surface area contributed by atoms with Crippen LogP contribution in [0.15, 0.2) is 36.5 Å². The van der Waals surface area contributed by atoms with Gasteiger partial charge in [0, 0.05) is 19.3 Å². The number of unbranched alkanes of at least 4 members (excludes halogenated alkanes) is 34. The highest BCUT2D eigenvalue weighted by atomic mass is 16.6. The molecule has 0 aliphatic rings. The lowest BCUT2D eigenvalue weighted by Gasteiger charge is -2.18. The second-order valence-corrected chi connectivity index (χ2v) is 18.8. The van der Waals surface area contributed by atoms with Gasteiger partial charge in [-0.2, -0.15) is 0 Å². The molecule has 0 saturated carbocycles. The second-order valence-electron chi connectivity index (χ2n) is 18.8. The van der Waals surface area contributed by atoms with Gasteiger partial charge in [0.2, 0.25) is 0 Å². The van der Waals surface area contributed by atoms with E-state index < -0.39 is 6.10 Å². The molecule has 6 heteroatoms. The Morgan fingerprint density at radius 1 is 0.328 bits per heavy atom. The Balaban J connectivity index is 4.32. The summed E-state index contributed by atoms with van der Waals surface area (Å²) in [6, 6.07) is 0. The third-order valence-corrected chi connectivity index (χ3v) is 12.4. The van der Waals surface area contributed by atoms with Gasteiger partial charge in [-0.05, 0) is 70.6 Å². The van der Waals surface area contributed by atoms with E-state index in [0.717, 1.165) is 83.5 Å². The van der Waals surface area contributed by atoms with Gasteiger partial charge in [-0.25, -0.2) is 0 Å². The fraction of sp³-hybridized carbons (Fsp3) is 0.845. The van der Waals surface area contributed by atoms with Crippen LogP contribution in [0.3, 0.4) is 0 Å². The number of hydrogen-bond donors (Lipinski definition) is 0. The van der Waals surface area contributed by atoms with Gasteiger partial charge in [0.1, 0.15) is 13.2 Å². The minimum Gasteiger partial charge on any atom is -0.462 e. The Bertz CT molecular complexity index is 1080. The monoisotopic (exact) mass is 899 g/mol. The van der Waals surface area contributed by atoms with Crippen molar-refractivity contribution in [3.8, 4) is 0 Å². The molecular formula is C58H106O6. The van der Waals surface area contributed by atoms with Crippen molar-refractivity contribution in [1.29, 1.82) is 0 Å². The lowest BCUT2D eigenvalue weighted by atomic mass is 10.0. The Kier molecular flexibility index (Phi) is 51.3. The summed E-state index contributed by atoms with van der Waals surface area (Å²) in [6.07, 6.45) is 62.8. The van der Waals surface area contributed by atoms with Gasteiger partial charge in [-0.3, -0.25) is 14.4 Å². The predicted molar refractivity (Wildman–Crippen MR) is 275 cm³/mol. The number of carbonyl (C=O) groups excluding carboxylic acids is 3. The van der Waals surface area contributed by atoms with E-state index in [2.05, 4.69) is 57.2 Å². The van der Waals surface area contributed by atoms with Gasteiger partial charge >= 0.3 is 17.9 Å². The molecule has 64 heavy (non-hydrogen) atoms. The highest BCUT2D eigenvalue weighted by Crippen LogP contribution is 2.16. The van der Waals surface area contributed by atoms with Crippen molar-refractivity contribution < 1.29 is 28.6 Å². The molecule has 6 nitrogen and oxygen atoms in total. The number of ether oxygens (including phenoxy) is 3. The molecule has 0 radical (unpaired) electrons. The van der Waals surface area contributed by atoms with Crippen LogP contribution in [0.25, 0.3) is 0 Å². The normalized spacial score (nSPS) is 12.2. The smallest absolute Gasteiger partial charge is 0.306 e. The molecule has 0 rings (SSSR count). The molecule has 0 bridgehead atoms. The first-order valence-electron chi connectivity index (χ1n) is 28.0. The Morgan fingerprint density at radius 2 is 0.609 bits per heavy atom. The van der Waals surface area contributed by atoms with E-state index in [1.807, 2.05) is 0 Å². The van der Waals surface area contributed by atoms with E-state index >= 15 is 0 Å². The summed E-state index contributed by atoms with van der Waals surface area (Å²) >= 11 is 0. The van der Waals surface area contributed by atoms with Crippen LogP contribution in [0.2, 0.25) is 0 Å². The Morgan fingerprint density at radius 3 is 0.953 bits per heavy atom. The summed E-state index contributed by atoms with van der Waals surface area (Å²) < 4.78 is 16.8. The van der Waals surface area contributed by atoms with Crippen molar-refractivity contribution in [3.05, 3.63) is 36.5 Å². The topological polar surface area (TPSA) is 78.9 Å². The minimum absolute atomic E-state index is 0.0758. The minimum atomic E-state index is -0.776. The number of carbonyl (C=O) groups is 3. The summed E-state index contributed by atoms with van der Waals surface area (Å²) in [5.74, 6) is -0.880. The van der Waals surface area contributed by atoms with Crippen molar-refractivity contribution in [3.63, 3.8) is 0 Å². The van der Waals surface area contributed by atoms with Crippen LogP contribution in [0.5, 0.6) is 0 Å². The molecule has 0 aromatic rings. The maximum atomic E-state index is 12.8. The SMILES string of the molecule is CC/C=C\C/C=C\CCCCCCCC(=O)OCC(COC(=O)CCCCCCCCC/C=C\CCCCCCCCCC)OC(=O)CCCCCCCCCCCCCCCCC. The second kappa shape index (κ2) is 53.2. The van der Waals surface area contributed by atoms with E-state index in [4.69, 9.17) is 14.2 Å². The summed E-state index contributed by atoms with van der Waals surface area (Å²) in [7, 11) is 0. The lowest BCUT2D eigenvalue weighted by molar-refractivity contribution is -0.167. The van der Waals surface area contributed by atoms with Gasteiger partial charge in [0.15, 0.2) is 6.10 Å². The van der Waals surface area contributed by atoms with Crippen LogP contribution in [0.1, 0.15) is 297 Å². The number of esters is 3. The van der Waals surface area contributed by atoms with E-state index in [0.29, 0.717) is 19.3 Å².